The fourth-order valence-electron chi connectivity index (χ4n) is 12.2. The van der Waals surface area contributed by atoms with Gasteiger partial charge < -0.3 is 61.8 Å². The number of aromatic nitrogens is 2. The van der Waals surface area contributed by atoms with E-state index in [2.05, 4.69) is 52.4 Å². The maximum Gasteiger partial charge on any atom is 0.483 e. The first-order valence-electron chi connectivity index (χ1n) is 26.3. The minimum absolute atomic E-state index is 0.217. The molecule has 10 rings (SSSR count). The van der Waals surface area contributed by atoms with Gasteiger partial charge in [0.1, 0.15) is 0 Å². The van der Waals surface area contributed by atoms with E-state index in [1.807, 2.05) is 36.7 Å². The fraction of sp³-hybridized carbons (Fsp3) is 0.745. The van der Waals surface area contributed by atoms with Gasteiger partial charge in [-0.15, -0.1) is 0 Å². The molecule has 0 spiro atoms. The van der Waals surface area contributed by atoms with Crippen LogP contribution in [-0.2, 0) is 51.4 Å². The molecular formula is C47H78N2O12Si6. The Bertz CT molecular complexity index is 1840. The van der Waals surface area contributed by atoms with Gasteiger partial charge in [0.2, 0.25) is 0 Å². The van der Waals surface area contributed by atoms with Crippen molar-refractivity contribution in [3.63, 3.8) is 0 Å². The minimum atomic E-state index is -4.41. The molecule has 2 bridgehead atoms. The number of nitrogens with zero attached hydrogens (tertiary/aromatic N) is 2. The van der Waals surface area contributed by atoms with Crippen LogP contribution in [0.3, 0.4) is 0 Å². The molecule has 67 heavy (non-hydrogen) atoms. The first-order valence-corrected chi connectivity index (χ1v) is 38.6. The predicted molar refractivity (Wildman–Crippen MR) is 265 cm³/mol. The first-order chi connectivity index (χ1) is 32.4. The van der Waals surface area contributed by atoms with Gasteiger partial charge >= 0.3 is 52.6 Å². The Morgan fingerprint density at radius 3 is 1.36 bits per heavy atom. The average molecular weight is 1030 g/mol. The van der Waals surface area contributed by atoms with Gasteiger partial charge in [0.25, 0.3) is 0 Å². The molecule has 0 amide bonds. The summed E-state index contributed by atoms with van der Waals surface area (Å²) in [4.78, 5) is 40.0. The van der Waals surface area contributed by atoms with Crippen molar-refractivity contribution in [2.75, 3.05) is 0 Å². The van der Waals surface area contributed by atoms with Crippen LogP contribution in [0.1, 0.15) is 116 Å². The summed E-state index contributed by atoms with van der Waals surface area (Å²) in [5.41, 5.74) is 0. The molecule has 14 atom stereocenters. The molecule has 4 aliphatic heterocycles. The van der Waals surface area contributed by atoms with E-state index in [1.165, 1.54) is 0 Å². The molecule has 14 unspecified atom stereocenters. The van der Waals surface area contributed by atoms with Crippen LogP contribution in [0.4, 0.5) is 0 Å². The van der Waals surface area contributed by atoms with Crippen molar-refractivity contribution in [2.24, 2.45) is 23.7 Å². The van der Waals surface area contributed by atoms with E-state index in [-0.39, 0.29) is 30.3 Å². The lowest BCUT2D eigenvalue weighted by Gasteiger charge is -2.53. The lowest BCUT2D eigenvalue weighted by atomic mass is 9.88. The van der Waals surface area contributed by atoms with Gasteiger partial charge in [0, 0.05) is 68.1 Å². The van der Waals surface area contributed by atoms with Crippen LogP contribution in [0.25, 0.3) is 0 Å². The highest BCUT2D eigenvalue weighted by Crippen LogP contribution is 2.48. The van der Waals surface area contributed by atoms with Crippen molar-refractivity contribution < 1.29 is 52.7 Å². The molecule has 4 saturated heterocycles. The van der Waals surface area contributed by atoms with Gasteiger partial charge in [-0.25, -0.2) is 0 Å². The van der Waals surface area contributed by atoms with E-state index in [0.29, 0.717) is 92.8 Å². The van der Waals surface area contributed by atoms with Crippen molar-refractivity contribution in [3.8, 4) is 0 Å². The van der Waals surface area contributed by atoms with E-state index in [0.717, 1.165) is 89.9 Å². The van der Waals surface area contributed by atoms with Gasteiger partial charge in [0.15, 0.2) is 0 Å². The average Bonchev–Trinajstić information content (AvgIpc) is 4.12. The largest absolute Gasteiger partial charge is 0.483 e. The number of epoxide rings is 2. The predicted octanol–water partition coefficient (Wildman–Crippen LogP) is 9.06. The summed E-state index contributed by atoms with van der Waals surface area (Å²) in [5, 5.41) is 0. The van der Waals surface area contributed by atoms with Gasteiger partial charge in [-0.1, -0.05) is 24.3 Å². The standard InChI is InChI=1S/C47H78N2O12Si6/c1-62(34-22-40-14-4-2-5-15-40)55-63(50,35-23-41-16-6-3-7-17-41)58-67(33-13-31-49-28-10-11-29-49)60-65(52,37-25-43-19-21-45-47(39-43)54-45)57-64(51,36-24-42-18-20-44-46(38-42)53-44)59-66(56-62,61-67)32-12-30-48-26-8-9-27-48/h2-4,6,8-11,26-29,40-47,50-52H,5,7,12-25,30-39H2,1H3. The molecule has 372 valence electrons. The van der Waals surface area contributed by atoms with Crippen LogP contribution < -0.4 is 0 Å². The summed E-state index contributed by atoms with van der Waals surface area (Å²) in [7, 11) is -24.8. The molecule has 0 radical (unpaired) electrons. The van der Waals surface area contributed by atoms with Crippen molar-refractivity contribution in [1.29, 1.82) is 0 Å². The zero-order valence-corrected chi connectivity index (χ0v) is 45.8. The lowest BCUT2D eigenvalue weighted by molar-refractivity contribution is 0.0418. The molecule has 0 aromatic carbocycles. The van der Waals surface area contributed by atoms with Crippen molar-refractivity contribution in [2.45, 2.75) is 196 Å². The van der Waals surface area contributed by atoms with Crippen LogP contribution in [-0.4, -0.2) is 101 Å². The summed E-state index contributed by atoms with van der Waals surface area (Å²) in [6, 6.07) is 10.1. The number of allylic oxidation sites excluding steroid dienone is 4. The number of hydrogen-bond donors (Lipinski definition) is 3. The van der Waals surface area contributed by atoms with Gasteiger partial charge in [-0.3, -0.25) is 0 Å². The van der Waals surface area contributed by atoms with Crippen LogP contribution in [0, 0.1) is 23.7 Å². The highest BCUT2D eigenvalue weighted by atomic mass is 28.6. The lowest BCUT2D eigenvalue weighted by Crippen LogP contribution is -2.77. The maximum absolute atomic E-state index is 13.4. The summed E-state index contributed by atoms with van der Waals surface area (Å²) in [5.74, 6) is 1.52. The molecule has 3 N–H and O–H groups in total. The van der Waals surface area contributed by atoms with Gasteiger partial charge in [-0.05, 0) is 176 Å². The Hall–Kier alpha value is -1.14. The Balaban J connectivity index is 1.03. The smallest absolute Gasteiger partial charge is 0.394 e. The highest BCUT2D eigenvalue weighted by Gasteiger charge is 2.71. The van der Waals surface area contributed by atoms with Crippen LogP contribution >= 0.6 is 0 Å². The molecule has 20 heteroatoms. The topological polar surface area (TPSA) is 160 Å². The number of rotatable bonds is 20. The third kappa shape index (κ3) is 13.3. The van der Waals surface area contributed by atoms with E-state index >= 15 is 0 Å². The quantitative estimate of drug-likeness (QED) is 0.0657. The van der Waals surface area contributed by atoms with E-state index in [9.17, 15) is 14.4 Å². The third-order valence-electron chi connectivity index (χ3n) is 16.0. The molecular weight excluding hydrogens is 953 g/mol. The van der Waals surface area contributed by atoms with E-state index < -0.39 is 52.6 Å². The van der Waals surface area contributed by atoms with Crippen LogP contribution in [0.2, 0.25) is 42.8 Å². The Morgan fingerprint density at radius 2 is 0.896 bits per heavy atom. The third-order valence-corrected chi connectivity index (χ3v) is 40.5. The normalized spacial score (nSPS) is 42.7. The Morgan fingerprint density at radius 1 is 0.448 bits per heavy atom. The second-order valence-corrected chi connectivity index (χ2v) is 39.6. The second kappa shape index (κ2) is 21.1. The molecule has 8 aliphatic rings. The SMILES string of the molecule is C[Si]1(CCC2CC=CCC2)O[Si](O)(CCC2CC=CCC2)O[Si]2(CCCn3cccc3)O[Si](O)(CCC3CCC4OC4C3)O[Si](O)(CCC3CCC4OC4C3)O[Si](CCCn3cccc3)(O1)O2. The molecule has 6 heterocycles. The second-order valence-electron chi connectivity index (χ2n) is 21.6. The Labute approximate surface area is 405 Å². The molecule has 4 aliphatic carbocycles. The first kappa shape index (κ1) is 49.4. The minimum Gasteiger partial charge on any atom is -0.394 e. The van der Waals surface area contributed by atoms with Crippen molar-refractivity contribution >= 4 is 52.6 Å². The molecule has 14 nitrogen and oxygen atoms in total. The number of ether oxygens (including phenoxy) is 2. The Kier molecular flexibility index (Phi) is 15.6. The zero-order chi connectivity index (χ0) is 46.0. The van der Waals surface area contributed by atoms with E-state index in [4.69, 9.17) is 38.3 Å². The van der Waals surface area contributed by atoms with Crippen molar-refractivity contribution in [1.82, 2.24) is 9.13 Å². The fourth-order valence-corrected chi connectivity index (χ4v) is 42.8. The monoisotopic (exact) mass is 1030 g/mol. The van der Waals surface area contributed by atoms with Gasteiger partial charge in [-0.2, -0.15) is 0 Å². The number of aryl methyl sites for hydroxylation is 2. The summed E-state index contributed by atoms with van der Waals surface area (Å²) >= 11 is 0. The molecule has 2 saturated carbocycles. The molecule has 6 fully saturated rings. The number of hydrogen-bond acceptors (Lipinski definition) is 12. The van der Waals surface area contributed by atoms with Crippen LogP contribution in [0.15, 0.2) is 73.4 Å². The molecule has 2 aromatic rings. The summed E-state index contributed by atoms with van der Waals surface area (Å²) < 4.78 is 68.3. The number of fused-ring (bicyclic) bond motifs is 4. The van der Waals surface area contributed by atoms with Gasteiger partial charge in [0.05, 0.1) is 24.4 Å². The van der Waals surface area contributed by atoms with Crippen LogP contribution in [0.5, 0.6) is 0 Å². The highest BCUT2D eigenvalue weighted by molar-refractivity contribution is 6.95. The maximum atomic E-state index is 13.4. The zero-order valence-electron chi connectivity index (χ0n) is 39.8. The van der Waals surface area contributed by atoms with Crippen molar-refractivity contribution in [3.05, 3.63) is 73.4 Å². The summed E-state index contributed by atoms with van der Waals surface area (Å²) in [6.07, 6.45) is 34.8. The molecule has 2 aromatic heterocycles. The van der Waals surface area contributed by atoms with E-state index in [1.54, 1.807) is 0 Å². The summed E-state index contributed by atoms with van der Waals surface area (Å²) in [6.45, 7) is 3.40.